The maximum absolute atomic E-state index is 5.68. The summed E-state index contributed by atoms with van der Waals surface area (Å²) in [6, 6.07) is 5.69. The van der Waals surface area contributed by atoms with Crippen LogP contribution < -0.4 is 9.47 Å². The minimum atomic E-state index is 0.556. The summed E-state index contributed by atoms with van der Waals surface area (Å²) in [6.07, 6.45) is 0.743. The van der Waals surface area contributed by atoms with Gasteiger partial charge in [0.1, 0.15) is 10.0 Å². The number of benzene rings is 1. The molecule has 18 heavy (non-hydrogen) atoms. The van der Waals surface area contributed by atoms with Crippen molar-refractivity contribution in [2.24, 2.45) is 0 Å². The molecule has 2 aromatic rings. The smallest absolute Gasteiger partial charge is 0.161 e. The molecule has 0 bridgehead atoms. The first-order chi connectivity index (χ1) is 8.78. The fourth-order valence-electron chi connectivity index (χ4n) is 1.52. The molecule has 0 aliphatic heterocycles. The third-order valence-electron chi connectivity index (χ3n) is 2.41. The van der Waals surface area contributed by atoms with E-state index in [-0.39, 0.29) is 0 Å². The minimum Gasteiger partial charge on any atom is -0.493 e. The van der Waals surface area contributed by atoms with E-state index in [1.54, 1.807) is 25.6 Å². The Hall–Kier alpha value is -1.33. The van der Waals surface area contributed by atoms with E-state index in [4.69, 9.17) is 21.1 Å². The van der Waals surface area contributed by atoms with Crippen molar-refractivity contribution in [1.82, 2.24) is 10.2 Å². The summed E-state index contributed by atoms with van der Waals surface area (Å²) in [4.78, 5) is 0. The molecular formula is C12H13ClN2O2S. The van der Waals surface area contributed by atoms with E-state index in [1.807, 2.05) is 18.2 Å². The number of ether oxygens (including phenoxy) is 2. The van der Waals surface area contributed by atoms with Crippen molar-refractivity contribution in [2.45, 2.75) is 6.42 Å². The molecule has 0 radical (unpaired) electrons. The van der Waals surface area contributed by atoms with E-state index in [1.165, 1.54) is 0 Å². The molecule has 0 aliphatic carbocycles. The lowest BCUT2D eigenvalue weighted by Gasteiger charge is -2.07. The van der Waals surface area contributed by atoms with Gasteiger partial charge in [-0.2, -0.15) is 0 Å². The monoisotopic (exact) mass is 284 g/mol. The number of halogens is 1. The number of rotatable bonds is 5. The number of hydrogen-bond acceptors (Lipinski definition) is 5. The Labute approximate surface area is 115 Å². The van der Waals surface area contributed by atoms with Gasteiger partial charge >= 0.3 is 0 Å². The number of methoxy groups -OCH3 is 2. The first-order valence-corrected chi connectivity index (χ1v) is 6.74. The number of hydrogen-bond donors (Lipinski definition) is 0. The van der Waals surface area contributed by atoms with Crippen LogP contribution in [0, 0.1) is 0 Å². The van der Waals surface area contributed by atoms with Crippen LogP contribution in [-0.4, -0.2) is 30.3 Å². The van der Waals surface area contributed by atoms with E-state index in [0.29, 0.717) is 17.4 Å². The zero-order chi connectivity index (χ0) is 13.0. The van der Waals surface area contributed by atoms with Crippen molar-refractivity contribution in [3.05, 3.63) is 23.2 Å². The van der Waals surface area contributed by atoms with Crippen molar-refractivity contribution in [3.8, 4) is 22.1 Å². The normalized spacial score (nSPS) is 10.4. The topological polar surface area (TPSA) is 44.2 Å². The zero-order valence-electron chi connectivity index (χ0n) is 10.1. The lowest BCUT2D eigenvalue weighted by molar-refractivity contribution is 0.355. The first kappa shape index (κ1) is 13.1. The van der Waals surface area contributed by atoms with E-state index in [9.17, 15) is 0 Å². The fraction of sp³-hybridized carbons (Fsp3) is 0.333. The molecule has 0 saturated heterocycles. The molecule has 0 amide bonds. The largest absolute Gasteiger partial charge is 0.493 e. The van der Waals surface area contributed by atoms with Crippen molar-refractivity contribution in [1.29, 1.82) is 0 Å². The van der Waals surface area contributed by atoms with Crippen LogP contribution in [0.4, 0.5) is 0 Å². The molecule has 0 unspecified atom stereocenters. The van der Waals surface area contributed by atoms with Crippen molar-refractivity contribution >= 4 is 22.9 Å². The highest BCUT2D eigenvalue weighted by molar-refractivity contribution is 7.14. The van der Waals surface area contributed by atoms with Crippen LogP contribution in [0.1, 0.15) is 5.01 Å². The lowest BCUT2D eigenvalue weighted by Crippen LogP contribution is -1.90. The Morgan fingerprint density at radius 1 is 1.17 bits per heavy atom. The highest BCUT2D eigenvalue weighted by atomic mass is 35.5. The SMILES string of the molecule is COc1ccc(-c2nnc(CCCl)s2)cc1OC. The van der Waals surface area contributed by atoms with Crippen LogP contribution in [0.2, 0.25) is 0 Å². The number of aromatic nitrogens is 2. The number of nitrogens with zero attached hydrogens (tertiary/aromatic N) is 2. The Kier molecular flexibility index (Phi) is 4.38. The predicted octanol–water partition coefficient (Wildman–Crippen LogP) is 3.00. The van der Waals surface area contributed by atoms with Gasteiger partial charge in [-0.25, -0.2) is 0 Å². The van der Waals surface area contributed by atoms with Gasteiger partial charge in [0.05, 0.1) is 14.2 Å². The van der Waals surface area contributed by atoms with Gasteiger partial charge in [-0.05, 0) is 18.2 Å². The average molecular weight is 285 g/mol. The zero-order valence-corrected chi connectivity index (χ0v) is 11.7. The fourth-order valence-corrected chi connectivity index (χ4v) is 2.65. The van der Waals surface area contributed by atoms with Crippen LogP contribution in [0.3, 0.4) is 0 Å². The van der Waals surface area contributed by atoms with Crippen LogP contribution in [-0.2, 0) is 6.42 Å². The minimum absolute atomic E-state index is 0.556. The van der Waals surface area contributed by atoms with Gasteiger partial charge in [0.25, 0.3) is 0 Å². The van der Waals surface area contributed by atoms with E-state index >= 15 is 0 Å². The summed E-state index contributed by atoms with van der Waals surface area (Å²) in [5, 5.41) is 10.0. The standard InChI is InChI=1S/C12H13ClN2O2S/c1-16-9-4-3-8(7-10(9)17-2)12-15-14-11(18-12)5-6-13/h3-4,7H,5-6H2,1-2H3. The summed E-state index contributed by atoms with van der Waals surface area (Å²) in [6.45, 7) is 0. The highest BCUT2D eigenvalue weighted by Gasteiger charge is 2.10. The molecule has 2 rings (SSSR count). The number of aryl methyl sites for hydroxylation is 1. The second-order valence-electron chi connectivity index (χ2n) is 3.51. The third kappa shape index (κ3) is 2.73. The summed E-state index contributed by atoms with van der Waals surface area (Å²) in [5.74, 6) is 1.94. The summed E-state index contributed by atoms with van der Waals surface area (Å²) >= 11 is 7.22. The molecule has 0 fully saturated rings. The highest BCUT2D eigenvalue weighted by Crippen LogP contribution is 2.33. The molecule has 1 aromatic heterocycles. The second-order valence-corrected chi connectivity index (χ2v) is 4.95. The van der Waals surface area contributed by atoms with E-state index in [0.717, 1.165) is 22.0 Å². The summed E-state index contributed by atoms with van der Waals surface area (Å²) in [7, 11) is 3.22. The Bertz CT molecular complexity index is 531. The molecule has 1 heterocycles. The van der Waals surface area contributed by atoms with E-state index < -0.39 is 0 Å². The molecular weight excluding hydrogens is 272 g/mol. The molecule has 6 heteroatoms. The average Bonchev–Trinajstić information content (AvgIpc) is 2.87. The first-order valence-electron chi connectivity index (χ1n) is 5.39. The van der Waals surface area contributed by atoms with Crippen LogP contribution in [0.5, 0.6) is 11.5 Å². The Morgan fingerprint density at radius 3 is 2.61 bits per heavy atom. The molecule has 4 nitrogen and oxygen atoms in total. The quantitative estimate of drug-likeness (QED) is 0.792. The van der Waals surface area contributed by atoms with Gasteiger partial charge in [-0.15, -0.1) is 21.8 Å². The summed E-state index contributed by atoms with van der Waals surface area (Å²) < 4.78 is 10.5. The molecule has 1 aromatic carbocycles. The van der Waals surface area contributed by atoms with Crippen LogP contribution in [0.15, 0.2) is 18.2 Å². The van der Waals surface area contributed by atoms with Crippen molar-refractivity contribution in [2.75, 3.05) is 20.1 Å². The molecule has 0 saturated carbocycles. The van der Waals surface area contributed by atoms with Gasteiger partial charge < -0.3 is 9.47 Å². The lowest BCUT2D eigenvalue weighted by atomic mass is 10.2. The Balaban J connectivity index is 2.31. The molecule has 96 valence electrons. The van der Waals surface area contributed by atoms with E-state index in [2.05, 4.69) is 10.2 Å². The van der Waals surface area contributed by atoms with Crippen molar-refractivity contribution < 1.29 is 9.47 Å². The van der Waals surface area contributed by atoms with Gasteiger partial charge in [-0.3, -0.25) is 0 Å². The van der Waals surface area contributed by atoms with Gasteiger partial charge in [-0.1, -0.05) is 11.3 Å². The summed E-state index contributed by atoms with van der Waals surface area (Å²) in [5.41, 5.74) is 0.964. The third-order valence-corrected chi connectivity index (χ3v) is 3.63. The van der Waals surface area contributed by atoms with Crippen LogP contribution >= 0.6 is 22.9 Å². The maximum atomic E-state index is 5.68. The maximum Gasteiger partial charge on any atom is 0.161 e. The predicted molar refractivity (Wildman–Crippen MR) is 72.9 cm³/mol. The second kappa shape index (κ2) is 6.02. The molecule has 0 N–H and O–H groups in total. The number of alkyl halides is 1. The van der Waals surface area contributed by atoms with Crippen molar-refractivity contribution in [3.63, 3.8) is 0 Å². The Morgan fingerprint density at radius 2 is 1.94 bits per heavy atom. The van der Waals surface area contributed by atoms with Crippen LogP contribution in [0.25, 0.3) is 10.6 Å². The van der Waals surface area contributed by atoms with Gasteiger partial charge in [0.15, 0.2) is 11.5 Å². The molecule has 0 spiro atoms. The molecule has 0 aliphatic rings. The molecule has 0 atom stereocenters. The van der Waals surface area contributed by atoms with Gasteiger partial charge in [0, 0.05) is 17.9 Å². The van der Waals surface area contributed by atoms with Gasteiger partial charge in [0.2, 0.25) is 0 Å².